The molecule has 0 bridgehead atoms. The van der Waals surface area contributed by atoms with Gasteiger partial charge in [-0.3, -0.25) is 9.59 Å². The quantitative estimate of drug-likeness (QED) is 0.790. The molecule has 0 aliphatic carbocycles. The number of nitrogens with zero attached hydrogens (tertiary/aromatic N) is 2. The van der Waals surface area contributed by atoms with Crippen LogP contribution in [0.5, 0.6) is 0 Å². The van der Waals surface area contributed by atoms with Crippen molar-refractivity contribution in [3.8, 4) is 0 Å². The van der Waals surface area contributed by atoms with Crippen LogP contribution in [0.2, 0.25) is 0 Å². The zero-order valence-electron chi connectivity index (χ0n) is 11.3. The SMILES string of the molecule is Cc1ccc(C(=O)Cn2ncc(C)cc2=O)c(C)c1. The van der Waals surface area contributed by atoms with Gasteiger partial charge in [0.2, 0.25) is 0 Å². The second-order valence-electron chi connectivity index (χ2n) is 4.77. The van der Waals surface area contributed by atoms with Crippen molar-refractivity contribution in [2.45, 2.75) is 27.3 Å². The van der Waals surface area contributed by atoms with Crippen LogP contribution < -0.4 is 5.56 Å². The summed E-state index contributed by atoms with van der Waals surface area (Å²) in [5.74, 6) is -0.101. The highest BCUT2D eigenvalue weighted by molar-refractivity contribution is 5.97. The Morgan fingerprint density at radius 3 is 2.53 bits per heavy atom. The summed E-state index contributed by atoms with van der Waals surface area (Å²) in [6.45, 7) is 5.65. The highest BCUT2D eigenvalue weighted by Gasteiger charge is 2.11. The van der Waals surface area contributed by atoms with Crippen molar-refractivity contribution in [3.63, 3.8) is 0 Å². The first kappa shape index (κ1) is 13.2. The molecule has 0 radical (unpaired) electrons. The molecule has 4 nitrogen and oxygen atoms in total. The van der Waals surface area contributed by atoms with E-state index < -0.39 is 0 Å². The van der Waals surface area contributed by atoms with Crippen LogP contribution in [0.25, 0.3) is 0 Å². The summed E-state index contributed by atoms with van der Waals surface area (Å²) in [5, 5.41) is 3.97. The minimum absolute atomic E-state index is 0.0248. The molecule has 98 valence electrons. The Labute approximate surface area is 111 Å². The Bertz CT molecular complexity index is 687. The van der Waals surface area contributed by atoms with Gasteiger partial charge in [0.25, 0.3) is 5.56 Å². The topological polar surface area (TPSA) is 52.0 Å². The predicted octanol–water partition coefficient (Wildman–Crippen LogP) is 2.05. The molecule has 0 saturated carbocycles. The lowest BCUT2D eigenvalue weighted by molar-refractivity contribution is 0.0965. The molecule has 2 rings (SSSR count). The fourth-order valence-corrected chi connectivity index (χ4v) is 1.99. The van der Waals surface area contributed by atoms with Gasteiger partial charge in [-0.05, 0) is 31.9 Å². The van der Waals surface area contributed by atoms with E-state index in [1.165, 1.54) is 10.7 Å². The third kappa shape index (κ3) is 2.96. The zero-order chi connectivity index (χ0) is 14.0. The van der Waals surface area contributed by atoms with Crippen molar-refractivity contribution in [2.75, 3.05) is 0 Å². The van der Waals surface area contributed by atoms with E-state index in [9.17, 15) is 9.59 Å². The zero-order valence-corrected chi connectivity index (χ0v) is 11.3. The minimum Gasteiger partial charge on any atom is -0.292 e. The van der Waals surface area contributed by atoms with Crippen LogP contribution in [0.1, 0.15) is 27.0 Å². The number of hydrogen-bond acceptors (Lipinski definition) is 3. The Hall–Kier alpha value is -2.23. The van der Waals surface area contributed by atoms with Gasteiger partial charge in [-0.1, -0.05) is 23.8 Å². The molecule has 0 amide bonds. The summed E-state index contributed by atoms with van der Waals surface area (Å²) in [5.41, 5.74) is 3.21. The van der Waals surface area contributed by atoms with E-state index >= 15 is 0 Å². The van der Waals surface area contributed by atoms with Gasteiger partial charge in [0.15, 0.2) is 5.78 Å². The average molecular weight is 256 g/mol. The summed E-state index contributed by atoms with van der Waals surface area (Å²) >= 11 is 0. The van der Waals surface area contributed by atoms with E-state index in [4.69, 9.17) is 0 Å². The van der Waals surface area contributed by atoms with Gasteiger partial charge in [-0.15, -0.1) is 0 Å². The summed E-state index contributed by atoms with van der Waals surface area (Å²) in [6, 6.07) is 7.12. The third-order valence-electron chi connectivity index (χ3n) is 2.98. The standard InChI is InChI=1S/C15H16N2O2/c1-10-4-5-13(12(3)6-10)14(18)9-17-15(19)7-11(2)8-16-17/h4-8H,9H2,1-3H3. The molecule has 19 heavy (non-hydrogen) atoms. The Morgan fingerprint density at radius 2 is 1.89 bits per heavy atom. The van der Waals surface area contributed by atoms with E-state index in [1.54, 1.807) is 19.2 Å². The van der Waals surface area contributed by atoms with Gasteiger partial charge in [0.1, 0.15) is 6.54 Å². The summed E-state index contributed by atoms with van der Waals surface area (Å²) < 4.78 is 1.19. The van der Waals surface area contributed by atoms with Crippen molar-refractivity contribution in [3.05, 3.63) is 63.1 Å². The molecule has 1 aromatic carbocycles. The highest BCUT2D eigenvalue weighted by Crippen LogP contribution is 2.11. The Balaban J connectivity index is 2.28. The number of benzene rings is 1. The van der Waals surface area contributed by atoms with Crippen molar-refractivity contribution in [2.24, 2.45) is 0 Å². The van der Waals surface area contributed by atoms with E-state index in [-0.39, 0.29) is 17.9 Å². The molecule has 0 aliphatic rings. The molecule has 0 aliphatic heterocycles. The predicted molar refractivity (Wildman–Crippen MR) is 73.5 cm³/mol. The van der Waals surface area contributed by atoms with Crippen LogP contribution >= 0.6 is 0 Å². The smallest absolute Gasteiger partial charge is 0.267 e. The maximum Gasteiger partial charge on any atom is 0.267 e. The second-order valence-corrected chi connectivity index (χ2v) is 4.77. The Kier molecular flexibility index (Phi) is 3.60. The number of aryl methyl sites for hydroxylation is 3. The molecular formula is C15H16N2O2. The largest absolute Gasteiger partial charge is 0.292 e. The van der Waals surface area contributed by atoms with Crippen LogP contribution in [0.15, 0.2) is 35.3 Å². The fourth-order valence-electron chi connectivity index (χ4n) is 1.99. The van der Waals surface area contributed by atoms with Crippen LogP contribution in [-0.2, 0) is 6.54 Å². The molecule has 0 fully saturated rings. The summed E-state index contributed by atoms with van der Waals surface area (Å²) in [7, 11) is 0. The molecule has 0 unspecified atom stereocenters. The van der Waals surface area contributed by atoms with E-state index in [2.05, 4.69) is 5.10 Å². The van der Waals surface area contributed by atoms with Crippen LogP contribution in [0.3, 0.4) is 0 Å². The van der Waals surface area contributed by atoms with Crippen LogP contribution in [0.4, 0.5) is 0 Å². The summed E-state index contributed by atoms with van der Waals surface area (Å²) in [4.78, 5) is 23.9. The van der Waals surface area contributed by atoms with Crippen molar-refractivity contribution < 1.29 is 4.79 Å². The lowest BCUT2D eigenvalue weighted by atomic mass is 10.0. The number of rotatable bonds is 3. The molecular weight excluding hydrogens is 240 g/mol. The molecule has 2 aromatic rings. The maximum absolute atomic E-state index is 12.2. The van der Waals surface area contributed by atoms with Gasteiger partial charge in [-0.25, -0.2) is 4.68 Å². The van der Waals surface area contributed by atoms with Crippen molar-refractivity contribution in [1.82, 2.24) is 9.78 Å². The van der Waals surface area contributed by atoms with Gasteiger partial charge in [-0.2, -0.15) is 5.10 Å². The van der Waals surface area contributed by atoms with Gasteiger partial charge in [0.05, 0.1) is 6.20 Å². The monoisotopic (exact) mass is 256 g/mol. The molecule has 1 aromatic heterocycles. The van der Waals surface area contributed by atoms with Gasteiger partial charge < -0.3 is 0 Å². The molecule has 0 atom stereocenters. The lowest BCUT2D eigenvalue weighted by Gasteiger charge is -2.07. The maximum atomic E-state index is 12.2. The minimum atomic E-state index is -0.252. The number of Topliss-reactive ketones (excluding diaryl/α,β-unsaturated/α-hetero) is 1. The Morgan fingerprint density at radius 1 is 1.16 bits per heavy atom. The number of aromatic nitrogens is 2. The average Bonchev–Trinajstić information content (AvgIpc) is 2.32. The van der Waals surface area contributed by atoms with E-state index in [0.717, 1.165) is 16.7 Å². The first-order chi connectivity index (χ1) is 8.97. The number of hydrogen-bond donors (Lipinski definition) is 0. The fraction of sp³-hybridized carbons (Fsp3) is 0.267. The highest BCUT2D eigenvalue weighted by atomic mass is 16.1. The molecule has 1 heterocycles. The number of carbonyl (C=O) groups is 1. The second kappa shape index (κ2) is 5.18. The van der Waals surface area contributed by atoms with Crippen LogP contribution in [0, 0.1) is 20.8 Å². The van der Waals surface area contributed by atoms with Crippen molar-refractivity contribution >= 4 is 5.78 Å². The first-order valence-electron chi connectivity index (χ1n) is 6.11. The third-order valence-corrected chi connectivity index (χ3v) is 2.98. The van der Waals surface area contributed by atoms with Crippen molar-refractivity contribution in [1.29, 1.82) is 0 Å². The molecule has 0 spiro atoms. The van der Waals surface area contributed by atoms with E-state index in [1.807, 2.05) is 26.0 Å². The number of ketones is 1. The van der Waals surface area contributed by atoms with Crippen LogP contribution in [-0.4, -0.2) is 15.6 Å². The van der Waals surface area contributed by atoms with E-state index in [0.29, 0.717) is 5.56 Å². The van der Waals surface area contributed by atoms with Gasteiger partial charge >= 0.3 is 0 Å². The lowest BCUT2D eigenvalue weighted by Crippen LogP contribution is -2.26. The van der Waals surface area contributed by atoms with Gasteiger partial charge in [0, 0.05) is 11.6 Å². The summed E-state index contributed by atoms with van der Waals surface area (Å²) in [6.07, 6.45) is 1.58. The molecule has 0 saturated heterocycles. The molecule has 0 N–H and O–H groups in total. The number of carbonyl (C=O) groups excluding carboxylic acids is 1. The first-order valence-corrected chi connectivity index (χ1v) is 6.11. The molecule has 4 heteroatoms. The normalized spacial score (nSPS) is 10.5.